The number of hydrogen-bond donors (Lipinski definition) is 4. The number of pyridine rings is 2. The molecule has 1 aliphatic rings. The van der Waals surface area contributed by atoms with Gasteiger partial charge in [0.1, 0.15) is 12.4 Å². The smallest absolute Gasteiger partial charge is 0.251 e. The molecule has 0 bridgehead atoms. The van der Waals surface area contributed by atoms with Crippen molar-refractivity contribution in [2.75, 3.05) is 25.1 Å². The first-order valence-corrected chi connectivity index (χ1v) is 25.8. The highest BCUT2D eigenvalue weighted by Crippen LogP contribution is 2.41. The molecule has 3 aromatic heterocycles. The van der Waals surface area contributed by atoms with Gasteiger partial charge in [-0.3, -0.25) is 9.59 Å². The number of nitrogens with one attached hydrogen (secondary N) is 4. The Labute approximate surface area is 379 Å². The summed E-state index contributed by atoms with van der Waals surface area (Å²) in [5.41, 5.74) is 7.56. The number of aromatic amines is 1. The van der Waals surface area contributed by atoms with Crippen molar-refractivity contribution in [3.63, 3.8) is 0 Å². The fourth-order valence-corrected chi connectivity index (χ4v) is 9.54. The molecule has 1 atom stereocenters. The molecule has 1 amide bonds. The molecule has 0 radical (unpaired) electrons. The number of anilines is 1. The topological polar surface area (TPSA) is 144 Å². The number of carbonyl (C=O) groups is 1. The van der Waals surface area contributed by atoms with E-state index in [0.29, 0.717) is 42.9 Å². The summed E-state index contributed by atoms with van der Waals surface area (Å²) < 4.78 is 21.1. The summed E-state index contributed by atoms with van der Waals surface area (Å²) in [5.74, 6) is 0.475. The van der Waals surface area contributed by atoms with Crippen molar-refractivity contribution in [2.24, 2.45) is 0 Å². The number of nitrogens with zero attached hydrogens (tertiary/aromatic N) is 3. The zero-order chi connectivity index (χ0) is 45.6. The number of H-pyrrole nitrogens is 1. The average molecular weight is 886 g/mol. The molecule has 12 nitrogen and oxygen atoms in total. The largest absolute Gasteiger partial charge is 0.487 e. The summed E-state index contributed by atoms with van der Waals surface area (Å²) in [6.45, 7) is 23.2. The van der Waals surface area contributed by atoms with Crippen molar-refractivity contribution >= 4 is 41.8 Å². The van der Waals surface area contributed by atoms with Crippen molar-refractivity contribution in [1.29, 1.82) is 0 Å². The van der Waals surface area contributed by atoms with Crippen molar-refractivity contribution in [3.05, 3.63) is 129 Å². The van der Waals surface area contributed by atoms with Crippen LogP contribution in [0.3, 0.4) is 0 Å². The first-order chi connectivity index (χ1) is 30.6. The third kappa shape index (κ3) is 10.9. The predicted octanol–water partition coefficient (Wildman–Crippen LogP) is 9.63. The molecule has 6 aromatic rings. The van der Waals surface area contributed by atoms with E-state index in [1.165, 1.54) is 0 Å². The molecule has 4 heterocycles. The Morgan fingerprint density at radius 1 is 0.953 bits per heavy atom. The molecule has 0 spiro atoms. The van der Waals surface area contributed by atoms with E-state index in [-0.39, 0.29) is 34.2 Å². The molecule has 1 saturated heterocycles. The van der Waals surface area contributed by atoms with Crippen LogP contribution in [0.2, 0.25) is 18.1 Å². The molecule has 13 heteroatoms. The zero-order valence-electron chi connectivity index (χ0n) is 39.2. The molecule has 1 unspecified atom stereocenters. The molecular formula is C51H67N7O5Si. The number of benzene rings is 3. The Morgan fingerprint density at radius 3 is 2.42 bits per heavy atom. The van der Waals surface area contributed by atoms with Crippen molar-refractivity contribution in [1.82, 2.24) is 30.4 Å². The molecule has 1 fully saturated rings. The van der Waals surface area contributed by atoms with Gasteiger partial charge in [0, 0.05) is 72.7 Å². The fourth-order valence-electron chi connectivity index (χ4n) is 8.27. The highest BCUT2D eigenvalue weighted by molar-refractivity contribution is 6.74. The lowest BCUT2D eigenvalue weighted by Crippen LogP contribution is -2.47. The summed E-state index contributed by atoms with van der Waals surface area (Å²) in [7, 11) is -2.29. The van der Waals surface area contributed by atoms with Gasteiger partial charge in [-0.05, 0) is 106 Å². The van der Waals surface area contributed by atoms with Crippen LogP contribution in [0, 0.1) is 0 Å². The average Bonchev–Trinajstić information content (AvgIpc) is 3.69. The summed E-state index contributed by atoms with van der Waals surface area (Å²) in [6, 6.07) is 25.6. The van der Waals surface area contributed by atoms with Crippen LogP contribution in [0.25, 0.3) is 21.9 Å². The Balaban J connectivity index is 1.09. The standard InChI is InChI=1S/C51H67N7O5Si/c1-10-42-40(46(55-37-24-26-61-27-25-37)41-31-54-58(11-2)48(41)56-42)30-52-49(60)36-19-15-18-35(28-36)29-51(6,7)53-32-44(63-64(8,9)50(3,4)5)38-20-22-43(47-39(38)21-23-45(59)57-47)62-33-34-16-13-12-14-17-34/h12-23,28,31,37,44,53H,10-11,24-27,29-30,32-33H2,1-9H3,(H,52,60)(H,55,56)(H,57,59). The first kappa shape index (κ1) is 46.6. The van der Waals surface area contributed by atoms with E-state index in [0.717, 1.165) is 89.1 Å². The molecule has 340 valence electrons. The van der Waals surface area contributed by atoms with Crippen LogP contribution in [-0.2, 0) is 41.7 Å². The van der Waals surface area contributed by atoms with E-state index in [9.17, 15) is 9.59 Å². The Hall–Kier alpha value is -5.34. The van der Waals surface area contributed by atoms with Crippen LogP contribution in [0.5, 0.6) is 5.75 Å². The van der Waals surface area contributed by atoms with Crippen molar-refractivity contribution in [3.8, 4) is 5.75 Å². The number of carbonyl (C=O) groups excluding carboxylic acids is 1. The predicted molar refractivity (Wildman–Crippen MR) is 260 cm³/mol. The van der Waals surface area contributed by atoms with Crippen LogP contribution < -0.4 is 26.2 Å². The van der Waals surface area contributed by atoms with Crippen molar-refractivity contribution < 1.29 is 18.7 Å². The summed E-state index contributed by atoms with van der Waals surface area (Å²) in [6.07, 6.45) is 4.79. The Bertz CT molecular complexity index is 2610. The Kier molecular flexibility index (Phi) is 14.4. The number of fused-ring (bicyclic) bond motifs is 2. The summed E-state index contributed by atoms with van der Waals surface area (Å²) >= 11 is 0. The highest BCUT2D eigenvalue weighted by atomic mass is 28.4. The second-order valence-corrected chi connectivity index (χ2v) is 24.0. The zero-order valence-corrected chi connectivity index (χ0v) is 40.2. The number of amides is 1. The number of aryl methyl sites for hydroxylation is 2. The van der Waals surface area contributed by atoms with E-state index in [1.54, 1.807) is 6.07 Å². The van der Waals surface area contributed by atoms with Gasteiger partial charge in [0.2, 0.25) is 5.56 Å². The minimum Gasteiger partial charge on any atom is -0.487 e. The maximum atomic E-state index is 14.0. The maximum Gasteiger partial charge on any atom is 0.251 e. The van der Waals surface area contributed by atoms with Crippen LogP contribution in [-0.4, -0.2) is 65.3 Å². The monoisotopic (exact) mass is 885 g/mol. The summed E-state index contributed by atoms with van der Waals surface area (Å²) in [5, 5.41) is 17.4. The van der Waals surface area contributed by atoms with Crippen LogP contribution >= 0.6 is 0 Å². The van der Waals surface area contributed by atoms with Gasteiger partial charge in [-0.15, -0.1) is 0 Å². The Morgan fingerprint density at radius 2 is 1.70 bits per heavy atom. The van der Waals surface area contributed by atoms with E-state index < -0.39 is 8.32 Å². The third-order valence-electron chi connectivity index (χ3n) is 12.9. The van der Waals surface area contributed by atoms with Gasteiger partial charge in [-0.25, -0.2) is 9.67 Å². The van der Waals surface area contributed by atoms with E-state index in [1.807, 2.05) is 71.5 Å². The van der Waals surface area contributed by atoms with Crippen LogP contribution in [0.4, 0.5) is 5.69 Å². The van der Waals surface area contributed by atoms with Crippen LogP contribution in [0.1, 0.15) is 106 Å². The van der Waals surface area contributed by atoms with E-state index in [4.69, 9.17) is 18.9 Å². The van der Waals surface area contributed by atoms with Crippen LogP contribution in [0.15, 0.2) is 89.9 Å². The maximum absolute atomic E-state index is 14.0. The van der Waals surface area contributed by atoms with Gasteiger partial charge in [0.05, 0.1) is 28.9 Å². The summed E-state index contributed by atoms with van der Waals surface area (Å²) in [4.78, 5) is 34.8. The van der Waals surface area contributed by atoms with E-state index >= 15 is 0 Å². The van der Waals surface area contributed by atoms with Gasteiger partial charge < -0.3 is 34.8 Å². The van der Waals surface area contributed by atoms with Gasteiger partial charge in [0.15, 0.2) is 14.0 Å². The van der Waals surface area contributed by atoms with Gasteiger partial charge in [-0.1, -0.05) is 76.2 Å². The lowest BCUT2D eigenvalue weighted by Gasteiger charge is -2.40. The first-order valence-electron chi connectivity index (χ1n) is 22.9. The molecule has 3 aromatic carbocycles. The number of ether oxygens (including phenoxy) is 2. The van der Waals surface area contributed by atoms with E-state index in [2.05, 4.69) is 99.7 Å². The molecule has 64 heavy (non-hydrogen) atoms. The minimum atomic E-state index is -2.29. The third-order valence-corrected chi connectivity index (χ3v) is 17.4. The van der Waals surface area contributed by atoms with Gasteiger partial charge in [0.25, 0.3) is 5.91 Å². The van der Waals surface area contributed by atoms with Crippen molar-refractivity contribution in [2.45, 2.75) is 130 Å². The fraction of sp³-hybridized carbons (Fsp3) is 0.451. The van der Waals surface area contributed by atoms with Gasteiger partial charge >= 0.3 is 0 Å². The molecular weight excluding hydrogens is 819 g/mol. The molecule has 7 rings (SSSR count). The number of hydrogen-bond acceptors (Lipinski definition) is 9. The minimum absolute atomic E-state index is 0.0345. The quantitative estimate of drug-likeness (QED) is 0.0621. The second-order valence-electron chi connectivity index (χ2n) is 19.2. The molecule has 1 aliphatic heterocycles. The lowest BCUT2D eigenvalue weighted by atomic mass is 9.93. The SMILES string of the molecule is CCc1nc2c(cnn2CC)c(NC2CCOCC2)c1CNC(=O)c1cccc(CC(C)(C)NCC(O[Si](C)(C)C(C)(C)C)c2ccc(OCc3ccccc3)c3[nH]c(=O)ccc23)c1. The molecule has 4 N–H and O–H groups in total. The highest BCUT2D eigenvalue weighted by Gasteiger charge is 2.40. The lowest BCUT2D eigenvalue weighted by molar-refractivity contribution is 0.0904. The van der Waals surface area contributed by atoms with Gasteiger partial charge in [-0.2, -0.15) is 5.10 Å². The number of aromatic nitrogens is 4. The number of rotatable bonds is 18. The second kappa shape index (κ2) is 19.8. The normalized spacial score (nSPS) is 14.5. The molecule has 0 saturated carbocycles. The molecule has 0 aliphatic carbocycles.